The van der Waals surface area contributed by atoms with Crippen molar-refractivity contribution in [2.75, 3.05) is 0 Å². The van der Waals surface area contributed by atoms with E-state index >= 15 is 0 Å². The van der Waals surface area contributed by atoms with E-state index in [0.717, 1.165) is 10.0 Å². The summed E-state index contributed by atoms with van der Waals surface area (Å²) in [7, 11) is 0. The fourth-order valence-corrected chi connectivity index (χ4v) is 2.16. The molecule has 2 aromatic carbocycles. The van der Waals surface area contributed by atoms with Crippen molar-refractivity contribution in [3.63, 3.8) is 0 Å². The number of benzene rings is 2. The lowest BCUT2D eigenvalue weighted by molar-refractivity contribution is 0.570. The maximum atomic E-state index is 13.6. The first kappa shape index (κ1) is 12.0. The summed E-state index contributed by atoms with van der Waals surface area (Å²) in [4.78, 5) is 0. The van der Waals surface area contributed by atoms with Gasteiger partial charge in [-0.25, -0.2) is 4.39 Å². The van der Waals surface area contributed by atoms with Crippen LogP contribution in [0.25, 0.3) is 22.9 Å². The molecule has 0 radical (unpaired) electrons. The lowest BCUT2D eigenvalue weighted by atomic mass is 10.2. The van der Waals surface area contributed by atoms with E-state index < -0.39 is 0 Å². The van der Waals surface area contributed by atoms with E-state index in [1.54, 1.807) is 18.2 Å². The molecule has 0 bridgehead atoms. The van der Waals surface area contributed by atoms with E-state index in [2.05, 4.69) is 26.1 Å². The number of nitrogens with zero attached hydrogens (tertiary/aromatic N) is 2. The van der Waals surface area contributed by atoms with Crippen molar-refractivity contribution in [2.24, 2.45) is 0 Å². The van der Waals surface area contributed by atoms with Crippen LogP contribution < -0.4 is 0 Å². The lowest BCUT2D eigenvalue weighted by Crippen LogP contribution is -1.82. The van der Waals surface area contributed by atoms with Gasteiger partial charge < -0.3 is 4.42 Å². The Morgan fingerprint density at radius 3 is 2.11 bits per heavy atom. The third-order valence-corrected chi connectivity index (χ3v) is 3.33. The summed E-state index contributed by atoms with van der Waals surface area (Å²) in [6.07, 6.45) is 0. The Bertz CT molecular complexity index is 667. The molecule has 0 spiro atoms. The van der Waals surface area contributed by atoms with E-state index in [9.17, 15) is 4.39 Å². The van der Waals surface area contributed by atoms with Crippen LogP contribution in [-0.2, 0) is 0 Å². The van der Waals surface area contributed by atoms with E-state index in [-0.39, 0.29) is 11.7 Å². The van der Waals surface area contributed by atoms with Crippen LogP contribution in [0, 0.1) is 5.82 Å². The minimum Gasteiger partial charge on any atom is -0.416 e. The first-order valence-electron chi connectivity index (χ1n) is 5.59. The average Bonchev–Trinajstić information content (AvgIpc) is 2.89. The predicted octanol–water partition coefficient (Wildman–Crippen LogP) is 4.31. The molecule has 0 fully saturated rings. The Morgan fingerprint density at radius 2 is 1.42 bits per heavy atom. The maximum Gasteiger partial charge on any atom is 0.251 e. The van der Waals surface area contributed by atoms with Crippen LogP contribution in [0.2, 0.25) is 0 Å². The number of hydrogen-bond donors (Lipinski definition) is 0. The molecule has 3 nitrogen and oxygen atoms in total. The standard InChI is InChI=1S/C14H8BrFN2O/c15-11-7-3-1-5-9(11)13-17-18-14(19-13)10-6-2-4-8-12(10)16/h1-8H. The first-order valence-corrected chi connectivity index (χ1v) is 6.38. The van der Waals surface area contributed by atoms with Crippen LogP contribution in [0.5, 0.6) is 0 Å². The van der Waals surface area contributed by atoms with Gasteiger partial charge in [-0.2, -0.15) is 0 Å². The van der Waals surface area contributed by atoms with Crippen molar-refractivity contribution < 1.29 is 8.81 Å². The molecular weight excluding hydrogens is 311 g/mol. The molecule has 0 aliphatic heterocycles. The van der Waals surface area contributed by atoms with E-state index in [0.29, 0.717) is 11.5 Å². The Morgan fingerprint density at radius 1 is 0.842 bits per heavy atom. The Labute approximate surface area is 117 Å². The van der Waals surface area contributed by atoms with Crippen molar-refractivity contribution in [1.29, 1.82) is 0 Å². The summed E-state index contributed by atoms with van der Waals surface area (Å²) in [6.45, 7) is 0. The van der Waals surface area contributed by atoms with Crippen molar-refractivity contribution >= 4 is 15.9 Å². The van der Waals surface area contributed by atoms with Crippen LogP contribution in [0.1, 0.15) is 0 Å². The van der Waals surface area contributed by atoms with Gasteiger partial charge in [-0.1, -0.05) is 24.3 Å². The third-order valence-electron chi connectivity index (χ3n) is 2.63. The molecule has 5 heteroatoms. The van der Waals surface area contributed by atoms with Crippen molar-refractivity contribution in [3.05, 3.63) is 58.8 Å². The predicted molar refractivity (Wildman–Crippen MR) is 72.8 cm³/mol. The Kier molecular flexibility index (Phi) is 3.13. The molecular formula is C14H8BrFN2O. The minimum absolute atomic E-state index is 0.170. The molecule has 0 aliphatic rings. The summed E-state index contributed by atoms with van der Waals surface area (Å²) in [5.41, 5.74) is 1.07. The summed E-state index contributed by atoms with van der Waals surface area (Å²) < 4.78 is 20.0. The zero-order valence-electron chi connectivity index (χ0n) is 9.68. The van der Waals surface area contributed by atoms with Crippen LogP contribution in [-0.4, -0.2) is 10.2 Å². The third kappa shape index (κ3) is 2.29. The van der Waals surface area contributed by atoms with Gasteiger partial charge in [0.05, 0.1) is 11.1 Å². The van der Waals surface area contributed by atoms with Gasteiger partial charge in [0.2, 0.25) is 5.89 Å². The summed E-state index contributed by atoms with van der Waals surface area (Å²) in [5, 5.41) is 7.84. The van der Waals surface area contributed by atoms with Gasteiger partial charge in [0.15, 0.2) is 0 Å². The molecule has 3 aromatic rings. The van der Waals surface area contributed by atoms with E-state index in [1.165, 1.54) is 6.07 Å². The highest BCUT2D eigenvalue weighted by atomic mass is 79.9. The van der Waals surface area contributed by atoms with Crippen molar-refractivity contribution in [2.45, 2.75) is 0 Å². The number of hydrogen-bond acceptors (Lipinski definition) is 3. The summed E-state index contributed by atoms with van der Waals surface area (Å²) in [5.74, 6) is 0.138. The van der Waals surface area contributed by atoms with Gasteiger partial charge in [0, 0.05) is 4.47 Å². The van der Waals surface area contributed by atoms with Crippen LogP contribution >= 0.6 is 15.9 Å². The highest BCUT2D eigenvalue weighted by molar-refractivity contribution is 9.10. The second-order valence-electron chi connectivity index (χ2n) is 3.87. The molecule has 0 aliphatic carbocycles. The molecule has 0 saturated heterocycles. The second-order valence-corrected chi connectivity index (χ2v) is 4.73. The van der Waals surface area contributed by atoms with E-state index in [1.807, 2.05) is 24.3 Å². The Hall–Kier alpha value is -2.01. The van der Waals surface area contributed by atoms with Gasteiger partial charge in [-0.05, 0) is 40.2 Å². The lowest BCUT2D eigenvalue weighted by Gasteiger charge is -1.98. The molecule has 1 heterocycles. The zero-order valence-corrected chi connectivity index (χ0v) is 11.3. The molecule has 0 atom stereocenters. The fraction of sp³-hybridized carbons (Fsp3) is 0. The van der Waals surface area contributed by atoms with Crippen LogP contribution in [0.4, 0.5) is 4.39 Å². The monoisotopic (exact) mass is 318 g/mol. The second kappa shape index (κ2) is 4.93. The summed E-state index contributed by atoms with van der Waals surface area (Å²) >= 11 is 3.41. The van der Waals surface area contributed by atoms with Crippen molar-refractivity contribution in [3.8, 4) is 22.9 Å². The quantitative estimate of drug-likeness (QED) is 0.707. The number of halogens is 2. The zero-order chi connectivity index (χ0) is 13.2. The van der Waals surface area contributed by atoms with Gasteiger partial charge in [-0.3, -0.25) is 0 Å². The average molecular weight is 319 g/mol. The van der Waals surface area contributed by atoms with Gasteiger partial charge in [0.1, 0.15) is 5.82 Å². The SMILES string of the molecule is Fc1ccccc1-c1nnc(-c2ccccc2Br)o1. The molecule has 19 heavy (non-hydrogen) atoms. The van der Waals surface area contributed by atoms with Gasteiger partial charge >= 0.3 is 0 Å². The molecule has 0 amide bonds. The minimum atomic E-state index is -0.384. The molecule has 94 valence electrons. The smallest absolute Gasteiger partial charge is 0.251 e. The topological polar surface area (TPSA) is 38.9 Å². The number of aromatic nitrogens is 2. The largest absolute Gasteiger partial charge is 0.416 e. The van der Waals surface area contributed by atoms with Crippen molar-refractivity contribution in [1.82, 2.24) is 10.2 Å². The Balaban J connectivity index is 2.06. The van der Waals surface area contributed by atoms with Crippen LogP contribution in [0.3, 0.4) is 0 Å². The molecule has 0 unspecified atom stereocenters. The highest BCUT2D eigenvalue weighted by Crippen LogP contribution is 2.29. The molecule has 0 N–H and O–H groups in total. The maximum absolute atomic E-state index is 13.6. The van der Waals surface area contributed by atoms with Gasteiger partial charge in [0.25, 0.3) is 5.89 Å². The van der Waals surface area contributed by atoms with Crippen LogP contribution in [0.15, 0.2) is 57.4 Å². The van der Waals surface area contributed by atoms with E-state index in [4.69, 9.17) is 4.42 Å². The normalized spacial score (nSPS) is 10.6. The highest BCUT2D eigenvalue weighted by Gasteiger charge is 2.14. The van der Waals surface area contributed by atoms with Gasteiger partial charge in [-0.15, -0.1) is 10.2 Å². The molecule has 3 rings (SSSR count). The molecule has 1 aromatic heterocycles. The molecule has 0 saturated carbocycles. The number of rotatable bonds is 2. The summed E-state index contributed by atoms with van der Waals surface area (Å²) in [6, 6.07) is 13.8. The first-order chi connectivity index (χ1) is 9.25. The fourth-order valence-electron chi connectivity index (χ4n) is 1.71.